The van der Waals surface area contributed by atoms with Crippen molar-refractivity contribution in [3.05, 3.63) is 12.7 Å². The highest BCUT2D eigenvalue weighted by atomic mass is 13.8. The topological polar surface area (TPSA) is 0 Å². The first-order valence-electron chi connectivity index (χ1n) is 3.02. The van der Waals surface area contributed by atoms with Crippen molar-refractivity contribution < 1.29 is 0 Å². The second-order valence-corrected chi connectivity index (χ2v) is 1.78. The zero-order valence-corrected chi connectivity index (χ0v) is 5.11. The number of allylic oxidation sites excluding steroid dienone is 1. The summed E-state index contributed by atoms with van der Waals surface area (Å²) in [6, 6.07) is 0. The van der Waals surface area contributed by atoms with E-state index in [4.69, 9.17) is 0 Å². The van der Waals surface area contributed by atoms with E-state index in [1.807, 2.05) is 6.08 Å². The van der Waals surface area contributed by atoms with Gasteiger partial charge in [-0.1, -0.05) is 25.8 Å². The lowest BCUT2D eigenvalue weighted by molar-refractivity contribution is 0.730. The quantitative estimate of drug-likeness (QED) is 0.374. The van der Waals surface area contributed by atoms with Crippen molar-refractivity contribution in [1.82, 2.24) is 0 Å². The largest absolute Gasteiger partial charge is 0.103 e. The number of rotatable bonds is 4. The molecule has 0 unspecified atom stereocenters. The summed E-state index contributed by atoms with van der Waals surface area (Å²) < 4.78 is 0. The molecule has 0 fully saturated rings. The Balaban J connectivity index is 2.56. The van der Waals surface area contributed by atoms with Gasteiger partial charge < -0.3 is 0 Å². The minimum atomic E-state index is 1.19. The molecule has 0 rings (SSSR count). The number of unbranched alkanes of at least 4 members (excludes halogenated alkanes) is 3. The Morgan fingerprint density at radius 3 is 2.57 bits per heavy atom. The molecule has 0 saturated heterocycles. The van der Waals surface area contributed by atoms with Crippen LogP contribution in [0.2, 0.25) is 0 Å². The van der Waals surface area contributed by atoms with Crippen LogP contribution in [0.3, 0.4) is 0 Å². The highest BCUT2D eigenvalue weighted by molar-refractivity contribution is 4.64. The van der Waals surface area contributed by atoms with Crippen LogP contribution in [0.15, 0.2) is 12.7 Å². The van der Waals surface area contributed by atoms with Crippen molar-refractivity contribution in [3.8, 4) is 0 Å². The second-order valence-electron chi connectivity index (χ2n) is 1.78. The maximum atomic E-state index is 3.63. The van der Waals surface area contributed by atoms with Gasteiger partial charge in [-0.05, 0) is 12.8 Å². The molecular weight excluding hydrogens is 84.1 g/mol. The van der Waals surface area contributed by atoms with Crippen molar-refractivity contribution in [3.63, 3.8) is 0 Å². The summed E-state index contributed by atoms with van der Waals surface area (Å²) in [7, 11) is 0. The van der Waals surface area contributed by atoms with Crippen molar-refractivity contribution >= 4 is 0 Å². The summed E-state index contributed by atoms with van der Waals surface area (Å²) in [6.45, 7) is 5.84. The van der Waals surface area contributed by atoms with Crippen molar-refractivity contribution in [2.75, 3.05) is 0 Å². The van der Waals surface area contributed by atoms with E-state index in [9.17, 15) is 0 Å². The van der Waals surface area contributed by atoms with Crippen molar-refractivity contribution in [2.45, 2.75) is 32.6 Å². The molecule has 0 aliphatic heterocycles. The molecule has 0 aromatic carbocycles. The summed E-state index contributed by atoms with van der Waals surface area (Å²) in [4.78, 5) is 0. The Morgan fingerprint density at radius 1 is 1.43 bits per heavy atom. The second kappa shape index (κ2) is 5.74. The maximum Gasteiger partial charge on any atom is -0.0353 e. The third-order valence-electron chi connectivity index (χ3n) is 1.01. The highest BCUT2D eigenvalue weighted by Crippen LogP contribution is 1.97. The Labute approximate surface area is 46.2 Å². The van der Waals surface area contributed by atoms with Gasteiger partial charge in [-0.3, -0.25) is 0 Å². The summed E-state index contributed by atoms with van der Waals surface area (Å²) in [5, 5.41) is 0. The first-order chi connectivity index (χ1) is 3.41. The van der Waals surface area contributed by atoms with E-state index in [0.29, 0.717) is 0 Å². The van der Waals surface area contributed by atoms with Gasteiger partial charge >= 0.3 is 0 Å². The Morgan fingerprint density at radius 2 is 2.14 bits per heavy atom. The lowest BCUT2D eigenvalue weighted by Gasteiger charge is -1.87. The Kier molecular flexibility index (Phi) is 5.53. The van der Waals surface area contributed by atoms with E-state index in [1.165, 1.54) is 25.7 Å². The van der Waals surface area contributed by atoms with Crippen LogP contribution >= 0.6 is 0 Å². The number of hydrogen-bond acceptors (Lipinski definition) is 0. The Bertz CT molecular complexity index is 37.3. The molecule has 0 bridgehead atoms. The molecule has 0 aromatic rings. The van der Waals surface area contributed by atoms with Crippen LogP contribution < -0.4 is 0 Å². The van der Waals surface area contributed by atoms with Gasteiger partial charge in [0, 0.05) is 0 Å². The molecule has 0 saturated carbocycles. The fourth-order valence-electron chi connectivity index (χ4n) is 0.539. The van der Waals surface area contributed by atoms with E-state index >= 15 is 0 Å². The minimum absolute atomic E-state index is 1.19. The van der Waals surface area contributed by atoms with Gasteiger partial charge in [-0.25, -0.2) is 0 Å². The van der Waals surface area contributed by atoms with Gasteiger partial charge in [-0.15, -0.1) is 6.58 Å². The fraction of sp³-hybridized carbons (Fsp3) is 0.714. The van der Waals surface area contributed by atoms with Crippen LogP contribution in [0.25, 0.3) is 0 Å². The molecular formula is C7H14. The van der Waals surface area contributed by atoms with E-state index in [1.54, 1.807) is 0 Å². The van der Waals surface area contributed by atoms with Crippen LogP contribution in [0.1, 0.15) is 32.6 Å². The SMILES string of the molecule is C=CCCCCC. The molecule has 42 valence electrons. The molecule has 0 atom stereocenters. The van der Waals surface area contributed by atoms with E-state index in [-0.39, 0.29) is 0 Å². The van der Waals surface area contributed by atoms with Crippen LogP contribution in [-0.4, -0.2) is 0 Å². The predicted octanol–water partition coefficient (Wildman–Crippen LogP) is 2.75. The molecule has 0 heterocycles. The number of hydrogen-bond donors (Lipinski definition) is 0. The summed E-state index contributed by atoms with van der Waals surface area (Å²) >= 11 is 0. The zero-order chi connectivity index (χ0) is 5.54. The molecule has 0 aliphatic rings. The standard InChI is InChI=1S/C7H14/c1-3-5-7-6-4-2/h3H,1,4-7H2,2H3. The third-order valence-corrected chi connectivity index (χ3v) is 1.01. The minimum Gasteiger partial charge on any atom is -0.103 e. The monoisotopic (exact) mass is 98.1 g/mol. The molecule has 0 heteroatoms. The molecule has 0 amide bonds. The molecule has 0 aliphatic carbocycles. The predicted molar refractivity (Wildman–Crippen MR) is 34.3 cm³/mol. The maximum absolute atomic E-state index is 3.63. The van der Waals surface area contributed by atoms with Gasteiger partial charge in [0.1, 0.15) is 0 Å². The average Bonchev–Trinajstić information content (AvgIpc) is 1.69. The van der Waals surface area contributed by atoms with Crippen LogP contribution in [0.4, 0.5) is 0 Å². The fourth-order valence-corrected chi connectivity index (χ4v) is 0.539. The van der Waals surface area contributed by atoms with Gasteiger partial charge in [0.05, 0.1) is 0 Å². The van der Waals surface area contributed by atoms with Gasteiger partial charge in [-0.2, -0.15) is 0 Å². The van der Waals surface area contributed by atoms with Crippen molar-refractivity contribution in [2.24, 2.45) is 0 Å². The molecule has 0 nitrogen and oxygen atoms in total. The Hall–Kier alpha value is -0.260. The molecule has 0 radical (unpaired) electrons. The van der Waals surface area contributed by atoms with Crippen LogP contribution in [0.5, 0.6) is 0 Å². The molecule has 0 N–H and O–H groups in total. The zero-order valence-electron chi connectivity index (χ0n) is 5.11. The lowest BCUT2D eigenvalue weighted by atomic mass is 10.2. The first kappa shape index (κ1) is 6.74. The summed E-state index contributed by atoms with van der Waals surface area (Å²) in [6.07, 6.45) is 7.16. The molecule has 0 aromatic heterocycles. The van der Waals surface area contributed by atoms with Crippen LogP contribution in [0, 0.1) is 0 Å². The summed E-state index contributed by atoms with van der Waals surface area (Å²) in [5.74, 6) is 0. The van der Waals surface area contributed by atoms with E-state index < -0.39 is 0 Å². The van der Waals surface area contributed by atoms with Crippen molar-refractivity contribution in [1.29, 1.82) is 0 Å². The van der Waals surface area contributed by atoms with Gasteiger partial charge in [0.15, 0.2) is 0 Å². The molecule has 0 spiro atoms. The van der Waals surface area contributed by atoms with Crippen LogP contribution in [-0.2, 0) is 0 Å². The van der Waals surface area contributed by atoms with Gasteiger partial charge in [0.25, 0.3) is 0 Å². The molecule has 7 heavy (non-hydrogen) atoms. The first-order valence-corrected chi connectivity index (χ1v) is 3.02. The highest BCUT2D eigenvalue weighted by Gasteiger charge is 1.77. The van der Waals surface area contributed by atoms with E-state index in [0.717, 1.165) is 0 Å². The normalized spacial score (nSPS) is 8.71. The lowest BCUT2D eigenvalue weighted by Crippen LogP contribution is -1.67. The van der Waals surface area contributed by atoms with E-state index in [2.05, 4.69) is 13.5 Å². The smallest absolute Gasteiger partial charge is 0.0353 e. The summed E-state index contributed by atoms with van der Waals surface area (Å²) in [5.41, 5.74) is 0. The average molecular weight is 98.2 g/mol. The third kappa shape index (κ3) is 5.74. The van der Waals surface area contributed by atoms with Gasteiger partial charge in [0.2, 0.25) is 0 Å².